The van der Waals surface area contributed by atoms with Crippen LogP contribution in [-0.2, 0) is 9.59 Å². The highest BCUT2D eigenvalue weighted by molar-refractivity contribution is 6.43. The monoisotopic (exact) mass is 336 g/mol. The highest BCUT2D eigenvalue weighted by atomic mass is 16.3. The summed E-state index contributed by atoms with van der Waals surface area (Å²) in [7, 11) is 0. The van der Waals surface area contributed by atoms with E-state index in [0.717, 1.165) is 4.90 Å². The van der Waals surface area contributed by atoms with Gasteiger partial charge in [0.25, 0.3) is 5.91 Å². The van der Waals surface area contributed by atoms with Gasteiger partial charge in [0.2, 0.25) is 0 Å². The van der Waals surface area contributed by atoms with Crippen molar-refractivity contribution in [3.63, 3.8) is 0 Å². The number of para-hydroxylation sites is 1. The van der Waals surface area contributed by atoms with Crippen LogP contribution < -0.4 is 4.90 Å². The number of carbonyl (C=O) groups excluding carboxylic acids is 2. The zero-order valence-electron chi connectivity index (χ0n) is 13.3. The second-order valence-corrected chi connectivity index (χ2v) is 5.32. The first-order valence-electron chi connectivity index (χ1n) is 7.73. The summed E-state index contributed by atoms with van der Waals surface area (Å²) in [6, 6.07) is 17.2. The van der Waals surface area contributed by atoms with E-state index in [1.807, 2.05) is 0 Å². The van der Waals surface area contributed by atoms with Gasteiger partial charge in [-0.3, -0.25) is 14.6 Å². The first-order valence-corrected chi connectivity index (χ1v) is 7.73. The maximum atomic E-state index is 12.8. The third-order valence-electron chi connectivity index (χ3n) is 3.73. The average Bonchev–Trinajstić information content (AvgIpc) is 2.87. The molecule has 2 aromatic carbocycles. The average molecular weight is 336 g/mol. The number of imide groups is 1. The molecule has 0 atom stereocenters. The maximum Gasteiger partial charge on any atom is 0.301 e. The van der Waals surface area contributed by atoms with E-state index in [4.69, 9.17) is 5.11 Å². The molecular weight excluding hydrogens is 320 g/mol. The maximum absolute atomic E-state index is 12.8. The molecule has 0 fully saturated rings. The highest BCUT2D eigenvalue weighted by Gasteiger charge is 2.42. The van der Waals surface area contributed by atoms with Crippen molar-refractivity contribution in [2.75, 3.05) is 18.1 Å². The van der Waals surface area contributed by atoms with E-state index in [9.17, 15) is 14.7 Å². The molecule has 0 aromatic heterocycles. The van der Waals surface area contributed by atoms with Gasteiger partial charge in [-0.15, -0.1) is 0 Å². The number of hydrogen-bond acceptors (Lipinski definition) is 5. The zero-order valence-corrected chi connectivity index (χ0v) is 13.3. The van der Waals surface area contributed by atoms with E-state index in [1.54, 1.807) is 60.7 Å². The molecule has 0 radical (unpaired) electrons. The van der Waals surface area contributed by atoms with E-state index in [1.165, 1.54) is 0 Å². The highest BCUT2D eigenvalue weighted by Crippen LogP contribution is 2.28. The Balaban J connectivity index is 2.08. The van der Waals surface area contributed by atoms with E-state index < -0.39 is 17.6 Å². The quantitative estimate of drug-likeness (QED) is 0.644. The fraction of sp³-hybridized carbons (Fsp3) is 0.105. The Hall–Kier alpha value is -3.25. The summed E-state index contributed by atoms with van der Waals surface area (Å²) in [5.41, 5.74) is 0.972. The number of nitrogens with zero attached hydrogens (tertiary/aromatic N) is 2. The van der Waals surface area contributed by atoms with Gasteiger partial charge in [-0.25, -0.2) is 4.90 Å². The van der Waals surface area contributed by atoms with Gasteiger partial charge in [0.15, 0.2) is 5.76 Å². The van der Waals surface area contributed by atoms with Crippen molar-refractivity contribution < 1.29 is 19.8 Å². The number of aliphatic imine (C=N–C) groups is 1. The number of amides is 2. The van der Waals surface area contributed by atoms with Crippen LogP contribution in [0.5, 0.6) is 0 Å². The summed E-state index contributed by atoms with van der Waals surface area (Å²) >= 11 is 0. The summed E-state index contributed by atoms with van der Waals surface area (Å²) in [6.07, 6.45) is 0. The van der Waals surface area contributed by atoms with Crippen molar-refractivity contribution >= 4 is 23.2 Å². The molecule has 0 saturated heterocycles. The van der Waals surface area contributed by atoms with Gasteiger partial charge >= 0.3 is 5.91 Å². The predicted molar refractivity (Wildman–Crippen MR) is 93.5 cm³/mol. The van der Waals surface area contributed by atoms with Gasteiger partial charge in [-0.1, -0.05) is 48.5 Å². The van der Waals surface area contributed by atoms with Crippen molar-refractivity contribution in [3.05, 3.63) is 77.6 Å². The molecule has 2 aromatic rings. The molecular formula is C19H16N2O4. The number of aliphatic hydroxyl groups excluding tert-OH is 2. The Kier molecular flexibility index (Phi) is 4.72. The number of benzene rings is 2. The largest absolute Gasteiger partial charge is 0.502 e. The molecule has 2 N–H and O–H groups in total. The topological polar surface area (TPSA) is 90.2 Å². The summed E-state index contributed by atoms with van der Waals surface area (Å²) in [6.45, 7) is -0.164. The van der Waals surface area contributed by atoms with Crippen molar-refractivity contribution in [2.45, 2.75) is 0 Å². The van der Waals surface area contributed by atoms with Gasteiger partial charge in [0.05, 0.1) is 24.6 Å². The van der Waals surface area contributed by atoms with E-state index >= 15 is 0 Å². The summed E-state index contributed by atoms with van der Waals surface area (Å²) in [5, 5.41) is 19.4. The van der Waals surface area contributed by atoms with Gasteiger partial charge in [-0.05, 0) is 12.1 Å². The molecule has 2 amide bonds. The van der Waals surface area contributed by atoms with E-state index in [0.29, 0.717) is 11.3 Å². The van der Waals surface area contributed by atoms with Crippen LogP contribution in [0.1, 0.15) is 5.56 Å². The fourth-order valence-corrected chi connectivity index (χ4v) is 2.62. The number of anilines is 1. The molecule has 0 saturated carbocycles. The van der Waals surface area contributed by atoms with Crippen LogP contribution in [0, 0.1) is 0 Å². The van der Waals surface area contributed by atoms with Crippen LogP contribution in [0.15, 0.2) is 77.0 Å². The lowest BCUT2D eigenvalue weighted by Crippen LogP contribution is -2.32. The van der Waals surface area contributed by atoms with Crippen LogP contribution in [0.2, 0.25) is 0 Å². The smallest absolute Gasteiger partial charge is 0.301 e. The van der Waals surface area contributed by atoms with Gasteiger partial charge in [0, 0.05) is 5.56 Å². The van der Waals surface area contributed by atoms with Crippen LogP contribution in [-0.4, -0.2) is 40.9 Å². The summed E-state index contributed by atoms with van der Waals surface area (Å²) < 4.78 is 0. The number of rotatable bonds is 5. The Morgan fingerprint density at radius 1 is 0.920 bits per heavy atom. The first-order chi connectivity index (χ1) is 12.1. The van der Waals surface area contributed by atoms with E-state index in [-0.39, 0.29) is 24.4 Å². The van der Waals surface area contributed by atoms with Crippen molar-refractivity contribution in [1.29, 1.82) is 0 Å². The Labute approximate surface area is 144 Å². The van der Waals surface area contributed by atoms with Gasteiger partial charge < -0.3 is 10.2 Å². The second-order valence-electron chi connectivity index (χ2n) is 5.32. The third kappa shape index (κ3) is 3.07. The van der Waals surface area contributed by atoms with E-state index in [2.05, 4.69) is 4.99 Å². The zero-order chi connectivity index (χ0) is 17.8. The molecule has 3 rings (SSSR count). The minimum absolute atomic E-state index is 0.0494. The SMILES string of the molecule is O=C1C(O)=C(C(=NCCO)c2ccccc2)C(=O)N1c1ccccc1. The van der Waals surface area contributed by atoms with Crippen molar-refractivity contribution in [1.82, 2.24) is 0 Å². The standard InChI is InChI=1S/C19H16N2O4/c22-12-11-20-16(13-7-3-1-4-8-13)15-17(23)19(25)21(18(15)24)14-9-5-2-6-10-14/h1-10,22-23H,11-12H2. The predicted octanol–water partition coefficient (Wildman–Crippen LogP) is 1.85. The molecule has 1 aliphatic heterocycles. The molecule has 1 aliphatic rings. The summed E-state index contributed by atoms with van der Waals surface area (Å²) in [5.74, 6) is -2.08. The molecule has 6 heteroatoms. The molecule has 0 spiro atoms. The van der Waals surface area contributed by atoms with Crippen LogP contribution in [0.4, 0.5) is 5.69 Å². The molecule has 0 aliphatic carbocycles. The second kappa shape index (κ2) is 7.11. The minimum Gasteiger partial charge on any atom is -0.502 e. The lowest BCUT2D eigenvalue weighted by molar-refractivity contribution is -0.121. The molecule has 1 heterocycles. The Morgan fingerprint density at radius 3 is 2.12 bits per heavy atom. The number of carbonyl (C=O) groups is 2. The summed E-state index contributed by atoms with van der Waals surface area (Å²) in [4.78, 5) is 30.4. The molecule has 25 heavy (non-hydrogen) atoms. The van der Waals surface area contributed by atoms with Gasteiger partial charge in [0.1, 0.15) is 5.57 Å². The molecule has 0 bridgehead atoms. The van der Waals surface area contributed by atoms with Crippen molar-refractivity contribution in [3.8, 4) is 0 Å². The Morgan fingerprint density at radius 2 is 1.52 bits per heavy atom. The number of hydrogen-bond donors (Lipinski definition) is 2. The normalized spacial score (nSPS) is 15.2. The molecule has 6 nitrogen and oxygen atoms in total. The van der Waals surface area contributed by atoms with Crippen LogP contribution in [0.3, 0.4) is 0 Å². The lowest BCUT2D eigenvalue weighted by Gasteiger charge is -2.14. The van der Waals surface area contributed by atoms with Crippen LogP contribution >= 0.6 is 0 Å². The third-order valence-corrected chi connectivity index (χ3v) is 3.73. The Bertz CT molecular complexity index is 858. The fourth-order valence-electron chi connectivity index (χ4n) is 2.62. The molecule has 126 valence electrons. The number of aliphatic hydroxyl groups is 2. The molecule has 0 unspecified atom stereocenters. The first kappa shape index (κ1) is 16.6. The van der Waals surface area contributed by atoms with Gasteiger partial charge in [-0.2, -0.15) is 0 Å². The van der Waals surface area contributed by atoms with Crippen molar-refractivity contribution in [2.24, 2.45) is 4.99 Å². The lowest BCUT2D eigenvalue weighted by atomic mass is 10.0. The minimum atomic E-state index is -0.793. The van der Waals surface area contributed by atoms with Crippen LogP contribution in [0.25, 0.3) is 0 Å².